The molecule has 0 aliphatic heterocycles. The molecule has 0 aliphatic rings. The molecule has 3 rings (SSSR count). The minimum Gasteiger partial charge on any atom is -0.461 e. The van der Waals surface area contributed by atoms with E-state index in [-0.39, 0.29) is 24.1 Å². The van der Waals surface area contributed by atoms with Crippen LogP contribution in [-0.2, 0) is 16.1 Å². The van der Waals surface area contributed by atoms with Crippen molar-refractivity contribution < 1.29 is 14.0 Å². The zero-order valence-corrected chi connectivity index (χ0v) is 20.0. The molecular formula is C21H23Cl2N5O3S. The van der Waals surface area contributed by atoms with Gasteiger partial charge in [0.2, 0.25) is 11.8 Å². The quantitative estimate of drug-likeness (QED) is 0.404. The van der Waals surface area contributed by atoms with E-state index in [0.29, 0.717) is 45.6 Å². The standard InChI is InChI=1S/C21H23Cl2N5O3S/c1-3-9-27(12-18(29)24-16-8-7-14(22)11-15(16)23)19(30)13-32-21-26-25-20(28(21)4-2)17-6-5-10-31-17/h5-8,10-11H,3-4,9,12-13H2,1-2H3,(H,24,29). The van der Waals surface area contributed by atoms with Gasteiger partial charge >= 0.3 is 0 Å². The summed E-state index contributed by atoms with van der Waals surface area (Å²) in [6, 6.07) is 8.40. The number of thioether (sulfide) groups is 1. The Bertz CT molecular complexity index is 1070. The second-order valence-corrected chi connectivity index (χ2v) is 8.59. The van der Waals surface area contributed by atoms with Crippen LogP contribution in [0.1, 0.15) is 20.3 Å². The summed E-state index contributed by atoms with van der Waals surface area (Å²) in [6.45, 7) is 4.92. The summed E-state index contributed by atoms with van der Waals surface area (Å²) in [5.41, 5.74) is 0.445. The summed E-state index contributed by atoms with van der Waals surface area (Å²) in [5.74, 6) is 0.850. The number of nitrogens with zero attached hydrogens (tertiary/aromatic N) is 4. The predicted octanol–water partition coefficient (Wildman–Crippen LogP) is 4.83. The van der Waals surface area contributed by atoms with Gasteiger partial charge in [-0.25, -0.2) is 0 Å². The molecule has 1 N–H and O–H groups in total. The SMILES string of the molecule is CCCN(CC(=O)Nc1ccc(Cl)cc1Cl)C(=O)CSc1nnc(-c2ccco2)n1CC. The lowest BCUT2D eigenvalue weighted by Gasteiger charge is -2.21. The van der Waals surface area contributed by atoms with Gasteiger partial charge in [0.25, 0.3) is 0 Å². The Kier molecular flexibility index (Phi) is 8.60. The number of nitrogens with one attached hydrogen (secondary N) is 1. The van der Waals surface area contributed by atoms with Crippen LogP contribution in [0.3, 0.4) is 0 Å². The Labute approximate surface area is 200 Å². The molecular weight excluding hydrogens is 473 g/mol. The molecule has 2 amide bonds. The molecule has 0 saturated carbocycles. The van der Waals surface area contributed by atoms with Gasteiger partial charge in [-0.2, -0.15) is 0 Å². The molecule has 11 heteroatoms. The normalized spacial score (nSPS) is 10.9. The Morgan fingerprint density at radius 1 is 1.22 bits per heavy atom. The molecule has 0 atom stereocenters. The summed E-state index contributed by atoms with van der Waals surface area (Å²) in [6.07, 6.45) is 2.30. The molecule has 0 radical (unpaired) electrons. The third kappa shape index (κ3) is 6.05. The number of carbonyl (C=O) groups is 2. The van der Waals surface area contributed by atoms with Gasteiger partial charge in [0.1, 0.15) is 0 Å². The van der Waals surface area contributed by atoms with Crippen molar-refractivity contribution in [2.75, 3.05) is 24.2 Å². The highest BCUT2D eigenvalue weighted by Crippen LogP contribution is 2.26. The van der Waals surface area contributed by atoms with Gasteiger partial charge in [0.15, 0.2) is 16.7 Å². The Morgan fingerprint density at radius 2 is 2.03 bits per heavy atom. The predicted molar refractivity (Wildman–Crippen MR) is 126 cm³/mol. The van der Waals surface area contributed by atoms with Gasteiger partial charge in [0, 0.05) is 18.1 Å². The lowest BCUT2D eigenvalue weighted by atomic mass is 10.3. The first kappa shape index (κ1) is 24.2. The lowest BCUT2D eigenvalue weighted by molar-refractivity contribution is -0.132. The van der Waals surface area contributed by atoms with Crippen LogP contribution >= 0.6 is 35.0 Å². The minimum absolute atomic E-state index is 0.0791. The number of benzene rings is 1. The molecule has 8 nitrogen and oxygen atoms in total. The van der Waals surface area contributed by atoms with Crippen LogP contribution in [0.25, 0.3) is 11.6 Å². The molecule has 0 spiro atoms. The zero-order valence-electron chi connectivity index (χ0n) is 17.7. The number of amides is 2. The number of carbonyl (C=O) groups excluding carboxylic acids is 2. The smallest absolute Gasteiger partial charge is 0.244 e. The number of anilines is 1. The van der Waals surface area contributed by atoms with Crippen molar-refractivity contribution in [1.82, 2.24) is 19.7 Å². The molecule has 0 aliphatic carbocycles. The highest BCUT2D eigenvalue weighted by Gasteiger charge is 2.20. The van der Waals surface area contributed by atoms with Gasteiger partial charge in [0.05, 0.1) is 29.3 Å². The molecule has 32 heavy (non-hydrogen) atoms. The third-order valence-corrected chi connectivity index (χ3v) is 5.98. The second-order valence-electron chi connectivity index (χ2n) is 6.80. The Hall–Kier alpha value is -2.49. The maximum absolute atomic E-state index is 12.8. The van der Waals surface area contributed by atoms with Crippen LogP contribution in [0.4, 0.5) is 5.69 Å². The number of halogens is 2. The molecule has 0 bridgehead atoms. The fourth-order valence-corrected chi connectivity index (χ4v) is 4.36. The van der Waals surface area contributed by atoms with Crippen LogP contribution in [0.15, 0.2) is 46.2 Å². The van der Waals surface area contributed by atoms with Crippen LogP contribution in [0, 0.1) is 0 Å². The van der Waals surface area contributed by atoms with Gasteiger partial charge in [-0.05, 0) is 43.7 Å². The van der Waals surface area contributed by atoms with Gasteiger partial charge in [-0.15, -0.1) is 10.2 Å². The first-order valence-electron chi connectivity index (χ1n) is 10.1. The molecule has 0 unspecified atom stereocenters. The van der Waals surface area contributed by atoms with Crippen molar-refractivity contribution >= 4 is 52.5 Å². The maximum Gasteiger partial charge on any atom is 0.244 e. The summed E-state index contributed by atoms with van der Waals surface area (Å²) in [7, 11) is 0. The van der Waals surface area contributed by atoms with E-state index in [4.69, 9.17) is 27.6 Å². The summed E-state index contributed by atoms with van der Waals surface area (Å²) in [5, 5.41) is 12.5. The molecule has 2 aromatic heterocycles. The fourth-order valence-electron chi connectivity index (χ4n) is 3.00. The molecule has 0 saturated heterocycles. The van der Waals surface area contributed by atoms with Gasteiger partial charge in [-0.3, -0.25) is 14.2 Å². The van der Waals surface area contributed by atoms with Crippen molar-refractivity contribution in [1.29, 1.82) is 0 Å². The van der Waals surface area contributed by atoms with Crippen LogP contribution in [0.2, 0.25) is 10.0 Å². The van der Waals surface area contributed by atoms with Crippen molar-refractivity contribution in [2.24, 2.45) is 0 Å². The number of furan rings is 1. The summed E-state index contributed by atoms with van der Waals surface area (Å²) < 4.78 is 7.29. The monoisotopic (exact) mass is 495 g/mol. The van der Waals surface area contributed by atoms with Crippen molar-refractivity contribution in [3.05, 3.63) is 46.6 Å². The Balaban J connectivity index is 1.62. The third-order valence-electron chi connectivity index (χ3n) is 4.49. The van der Waals surface area contributed by atoms with E-state index >= 15 is 0 Å². The van der Waals surface area contributed by atoms with Gasteiger partial charge in [-0.1, -0.05) is 41.9 Å². The number of hydrogen-bond acceptors (Lipinski definition) is 6. The number of aromatic nitrogens is 3. The first-order chi connectivity index (χ1) is 15.4. The number of rotatable bonds is 10. The zero-order chi connectivity index (χ0) is 23.1. The van der Waals surface area contributed by atoms with Crippen LogP contribution in [0.5, 0.6) is 0 Å². The first-order valence-corrected chi connectivity index (χ1v) is 11.8. The maximum atomic E-state index is 12.8. The fraction of sp³-hybridized carbons (Fsp3) is 0.333. The minimum atomic E-state index is -0.335. The summed E-state index contributed by atoms with van der Waals surface area (Å²) >= 11 is 13.3. The van der Waals surface area contributed by atoms with Gasteiger partial charge < -0.3 is 14.6 Å². The van der Waals surface area contributed by atoms with E-state index in [1.807, 2.05) is 24.5 Å². The van der Waals surface area contributed by atoms with E-state index in [0.717, 1.165) is 6.42 Å². The van der Waals surface area contributed by atoms with Crippen molar-refractivity contribution in [3.8, 4) is 11.6 Å². The van der Waals surface area contributed by atoms with E-state index in [1.54, 1.807) is 30.5 Å². The van der Waals surface area contributed by atoms with Crippen molar-refractivity contribution in [3.63, 3.8) is 0 Å². The topological polar surface area (TPSA) is 93.3 Å². The largest absolute Gasteiger partial charge is 0.461 e. The lowest BCUT2D eigenvalue weighted by Crippen LogP contribution is -2.39. The average Bonchev–Trinajstić information content (AvgIpc) is 3.43. The molecule has 1 aromatic carbocycles. The molecule has 0 fully saturated rings. The Morgan fingerprint density at radius 3 is 2.69 bits per heavy atom. The average molecular weight is 496 g/mol. The second kappa shape index (κ2) is 11.4. The summed E-state index contributed by atoms with van der Waals surface area (Å²) in [4.78, 5) is 26.9. The van der Waals surface area contributed by atoms with Crippen LogP contribution in [-0.4, -0.2) is 50.3 Å². The molecule has 2 heterocycles. The highest BCUT2D eigenvalue weighted by atomic mass is 35.5. The van der Waals surface area contributed by atoms with E-state index in [9.17, 15) is 9.59 Å². The highest BCUT2D eigenvalue weighted by molar-refractivity contribution is 7.99. The molecule has 170 valence electrons. The van der Waals surface area contributed by atoms with Crippen LogP contribution < -0.4 is 5.32 Å². The van der Waals surface area contributed by atoms with Crippen molar-refractivity contribution in [2.45, 2.75) is 32.0 Å². The van der Waals surface area contributed by atoms with E-state index < -0.39 is 0 Å². The van der Waals surface area contributed by atoms with E-state index in [2.05, 4.69) is 15.5 Å². The van der Waals surface area contributed by atoms with E-state index in [1.165, 1.54) is 16.7 Å². The molecule has 3 aromatic rings. The number of hydrogen-bond donors (Lipinski definition) is 1.